The minimum Gasteiger partial charge on any atom is -0.326 e. The van der Waals surface area contributed by atoms with Crippen molar-refractivity contribution in [2.24, 2.45) is 11.7 Å². The molecular weight excluding hydrogens is 347 g/mol. The molecule has 0 aromatic heterocycles. The summed E-state index contributed by atoms with van der Waals surface area (Å²) >= 11 is 3.17. The van der Waals surface area contributed by atoms with Crippen molar-refractivity contribution in [1.82, 2.24) is 4.72 Å². The van der Waals surface area contributed by atoms with Crippen molar-refractivity contribution in [3.8, 4) is 0 Å². The zero-order valence-corrected chi connectivity index (χ0v) is 14.2. The summed E-state index contributed by atoms with van der Waals surface area (Å²) in [5.74, 6) is -0.631. The van der Waals surface area contributed by atoms with Crippen molar-refractivity contribution in [2.45, 2.75) is 44.7 Å². The molecule has 2 unspecified atom stereocenters. The molecule has 2 atom stereocenters. The number of hydrogen-bond acceptors (Lipinski definition) is 3. The Labute approximate surface area is 128 Å². The molecule has 0 heterocycles. The Hall–Kier alpha value is -0.500. The molecule has 0 radical (unpaired) electrons. The molecule has 0 amide bonds. The predicted molar refractivity (Wildman–Crippen MR) is 81.2 cm³/mol. The van der Waals surface area contributed by atoms with Gasteiger partial charge in [-0.15, -0.1) is 0 Å². The van der Waals surface area contributed by atoms with Gasteiger partial charge in [0.2, 0.25) is 10.0 Å². The van der Waals surface area contributed by atoms with Crippen molar-refractivity contribution in [3.63, 3.8) is 0 Å². The van der Waals surface area contributed by atoms with E-state index < -0.39 is 15.8 Å². The van der Waals surface area contributed by atoms with E-state index in [-0.39, 0.29) is 29.0 Å². The summed E-state index contributed by atoms with van der Waals surface area (Å²) in [5, 5.41) is 0. The van der Waals surface area contributed by atoms with Gasteiger partial charge in [0, 0.05) is 22.6 Å². The maximum atomic E-state index is 14.2. The lowest BCUT2D eigenvalue weighted by molar-refractivity contribution is 0.432. The lowest BCUT2D eigenvalue weighted by atomic mass is 10.0. The molecule has 0 aliphatic carbocycles. The van der Waals surface area contributed by atoms with Crippen LogP contribution in [0, 0.1) is 11.7 Å². The Kier molecular flexibility index (Phi) is 6.12. The van der Waals surface area contributed by atoms with Gasteiger partial charge >= 0.3 is 0 Å². The van der Waals surface area contributed by atoms with Crippen LogP contribution in [0.2, 0.25) is 0 Å². The zero-order chi connectivity index (χ0) is 15.5. The molecule has 0 saturated carbocycles. The van der Waals surface area contributed by atoms with Crippen molar-refractivity contribution >= 4 is 26.0 Å². The van der Waals surface area contributed by atoms with E-state index in [2.05, 4.69) is 20.7 Å². The van der Waals surface area contributed by atoms with Crippen LogP contribution in [0.25, 0.3) is 0 Å². The van der Waals surface area contributed by atoms with Crippen molar-refractivity contribution in [1.29, 1.82) is 0 Å². The second-order valence-corrected chi connectivity index (χ2v) is 7.47. The Morgan fingerprint density at radius 2 is 2.00 bits per heavy atom. The van der Waals surface area contributed by atoms with Crippen LogP contribution in [-0.4, -0.2) is 14.5 Å². The molecule has 0 bridgehead atoms. The normalized spacial score (nSPS) is 15.1. The standard InChI is InChI=1S/C13H20BrFN2O2S/c1-4-8(2)9(3)17-20(18,19)12-6-11(14)5-10(7-16)13(12)15/h5-6,8-9,17H,4,7,16H2,1-3H3. The van der Waals surface area contributed by atoms with E-state index in [0.29, 0.717) is 4.47 Å². The molecule has 7 heteroatoms. The van der Waals surface area contributed by atoms with E-state index >= 15 is 0 Å². The molecule has 0 saturated heterocycles. The van der Waals surface area contributed by atoms with Crippen LogP contribution < -0.4 is 10.5 Å². The van der Waals surface area contributed by atoms with Gasteiger partial charge in [-0.25, -0.2) is 17.5 Å². The summed E-state index contributed by atoms with van der Waals surface area (Å²) in [5.41, 5.74) is 5.59. The second-order valence-electron chi connectivity index (χ2n) is 4.88. The number of halogens is 2. The highest BCUT2D eigenvalue weighted by Gasteiger charge is 2.25. The fourth-order valence-electron chi connectivity index (χ4n) is 1.74. The third-order valence-electron chi connectivity index (χ3n) is 3.43. The Balaban J connectivity index is 3.19. The summed E-state index contributed by atoms with van der Waals surface area (Å²) in [7, 11) is -3.91. The van der Waals surface area contributed by atoms with Crippen molar-refractivity contribution in [3.05, 3.63) is 28.0 Å². The van der Waals surface area contributed by atoms with Gasteiger partial charge in [-0.3, -0.25) is 0 Å². The van der Waals surface area contributed by atoms with Crippen LogP contribution in [-0.2, 0) is 16.6 Å². The van der Waals surface area contributed by atoms with Gasteiger partial charge in [-0.2, -0.15) is 0 Å². The maximum absolute atomic E-state index is 14.2. The summed E-state index contributed by atoms with van der Waals surface area (Å²) in [6.45, 7) is 5.62. The first-order valence-corrected chi connectivity index (χ1v) is 8.70. The molecule has 0 aliphatic rings. The monoisotopic (exact) mass is 366 g/mol. The Morgan fingerprint density at radius 3 is 2.50 bits per heavy atom. The van der Waals surface area contributed by atoms with Crippen molar-refractivity contribution < 1.29 is 12.8 Å². The molecule has 0 spiro atoms. The van der Waals surface area contributed by atoms with E-state index in [1.54, 1.807) is 6.92 Å². The number of hydrogen-bond donors (Lipinski definition) is 2. The lowest BCUT2D eigenvalue weighted by Gasteiger charge is -2.20. The number of rotatable bonds is 6. The molecule has 0 aliphatic heterocycles. The molecule has 20 heavy (non-hydrogen) atoms. The first-order valence-electron chi connectivity index (χ1n) is 6.43. The van der Waals surface area contributed by atoms with E-state index in [0.717, 1.165) is 6.42 Å². The van der Waals surface area contributed by atoms with Gasteiger partial charge in [0.05, 0.1) is 0 Å². The van der Waals surface area contributed by atoms with Crippen LogP contribution in [0.3, 0.4) is 0 Å². The van der Waals surface area contributed by atoms with Gasteiger partial charge < -0.3 is 5.73 Å². The average Bonchev–Trinajstić information content (AvgIpc) is 2.39. The van der Waals surface area contributed by atoms with Crippen LogP contribution in [0.4, 0.5) is 4.39 Å². The van der Waals surface area contributed by atoms with Crippen LogP contribution in [0.1, 0.15) is 32.8 Å². The van der Waals surface area contributed by atoms with Gasteiger partial charge in [-0.1, -0.05) is 36.2 Å². The predicted octanol–water partition coefficient (Wildman–Crippen LogP) is 2.76. The van der Waals surface area contributed by atoms with Crippen LogP contribution in [0.5, 0.6) is 0 Å². The summed E-state index contributed by atoms with van der Waals surface area (Å²) in [4.78, 5) is -0.373. The first kappa shape index (κ1) is 17.6. The Morgan fingerprint density at radius 1 is 1.40 bits per heavy atom. The fourth-order valence-corrected chi connectivity index (χ4v) is 3.89. The first-order chi connectivity index (χ1) is 9.22. The largest absolute Gasteiger partial charge is 0.326 e. The molecular formula is C13H20BrFN2O2S. The molecule has 4 nitrogen and oxygen atoms in total. The molecule has 3 N–H and O–H groups in total. The van der Waals surface area contributed by atoms with Crippen LogP contribution in [0.15, 0.2) is 21.5 Å². The lowest BCUT2D eigenvalue weighted by Crippen LogP contribution is -2.37. The second kappa shape index (κ2) is 6.98. The number of sulfonamides is 1. The smallest absolute Gasteiger partial charge is 0.243 e. The van der Waals surface area contributed by atoms with E-state index in [1.165, 1.54) is 12.1 Å². The molecule has 1 aromatic carbocycles. The third-order valence-corrected chi connectivity index (χ3v) is 5.44. The maximum Gasteiger partial charge on any atom is 0.243 e. The third kappa shape index (κ3) is 4.00. The average molecular weight is 367 g/mol. The number of benzene rings is 1. The molecule has 0 fully saturated rings. The SMILES string of the molecule is CCC(C)C(C)NS(=O)(=O)c1cc(Br)cc(CN)c1F. The van der Waals surface area contributed by atoms with Crippen molar-refractivity contribution in [2.75, 3.05) is 0 Å². The summed E-state index contributed by atoms with van der Waals surface area (Å²) in [6.07, 6.45) is 0.832. The molecule has 1 aromatic rings. The van der Waals surface area contributed by atoms with Gasteiger partial charge in [0.1, 0.15) is 10.7 Å². The van der Waals surface area contributed by atoms with Crippen LogP contribution >= 0.6 is 15.9 Å². The van der Waals surface area contributed by atoms with E-state index in [4.69, 9.17) is 5.73 Å². The highest BCUT2D eigenvalue weighted by Crippen LogP contribution is 2.24. The highest BCUT2D eigenvalue weighted by atomic mass is 79.9. The Bertz CT molecular complexity index is 578. The van der Waals surface area contributed by atoms with Gasteiger partial charge in [0.15, 0.2) is 0 Å². The minimum absolute atomic E-state index is 0.0608. The number of nitrogens with one attached hydrogen (secondary N) is 1. The van der Waals surface area contributed by atoms with Gasteiger partial charge in [-0.05, 0) is 25.0 Å². The highest BCUT2D eigenvalue weighted by molar-refractivity contribution is 9.10. The topological polar surface area (TPSA) is 72.2 Å². The van der Waals surface area contributed by atoms with E-state index in [1.807, 2.05) is 13.8 Å². The van der Waals surface area contributed by atoms with E-state index in [9.17, 15) is 12.8 Å². The minimum atomic E-state index is -3.91. The summed E-state index contributed by atoms with van der Waals surface area (Å²) < 4.78 is 41.7. The van der Waals surface area contributed by atoms with Gasteiger partial charge in [0.25, 0.3) is 0 Å². The number of nitrogens with two attached hydrogens (primary N) is 1. The molecule has 114 valence electrons. The molecule has 1 rings (SSSR count). The quantitative estimate of drug-likeness (QED) is 0.812. The zero-order valence-electron chi connectivity index (χ0n) is 11.8. The summed E-state index contributed by atoms with van der Waals surface area (Å²) in [6, 6.07) is 2.46. The fraction of sp³-hybridized carbons (Fsp3) is 0.538.